The lowest BCUT2D eigenvalue weighted by Crippen LogP contribution is -2.36. The van der Waals surface area contributed by atoms with Gasteiger partial charge in [0.1, 0.15) is 5.78 Å². The Morgan fingerprint density at radius 2 is 1.93 bits per heavy atom. The number of rotatable bonds is 13. The minimum absolute atomic E-state index is 0.0788. The summed E-state index contributed by atoms with van der Waals surface area (Å²) in [6.07, 6.45) is 0.512. The van der Waals surface area contributed by atoms with Crippen LogP contribution in [-0.2, 0) is 25.1 Å². The number of nitrogens with one attached hydrogen (secondary N) is 1. The maximum absolute atomic E-state index is 12.5. The summed E-state index contributed by atoms with van der Waals surface area (Å²) in [5.74, 6) is -2.86. The zero-order chi connectivity index (χ0) is 20.3. The first-order valence-corrected chi connectivity index (χ1v) is 10.7. The number of carbonyl (C=O) groups is 2. The molecule has 0 aromatic heterocycles. The van der Waals surface area contributed by atoms with Gasteiger partial charge in [-0.15, -0.1) is 0 Å². The van der Waals surface area contributed by atoms with Crippen LogP contribution in [0.3, 0.4) is 0 Å². The third kappa shape index (κ3) is 8.67. The Morgan fingerprint density at radius 3 is 2.48 bits per heavy atom. The molecule has 1 rings (SSSR count). The molecule has 0 bridgehead atoms. The lowest BCUT2D eigenvalue weighted by atomic mass is 10.1. The van der Waals surface area contributed by atoms with E-state index in [9.17, 15) is 24.2 Å². The molecule has 0 fully saturated rings. The highest BCUT2D eigenvalue weighted by atomic mass is 31.2. The molecule has 0 aliphatic carbocycles. The number of aryl methyl sites for hydroxylation is 1. The summed E-state index contributed by atoms with van der Waals surface area (Å²) >= 11 is 0. The molecule has 1 amide bonds. The van der Waals surface area contributed by atoms with Crippen molar-refractivity contribution in [3.63, 3.8) is 0 Å². The highest BCUT2D eigenvalue weighted by Gasteiger charge is 2.37. The Kier molecular flexibility index (Phi) is 10.3. The Balaban J connectivity index is 2.63. The van der Waals surface area contributed by atoms with E-state index in [1.807, 2.05) is 30.3 Å². The molecular formula is C18H29N2O6P. The molecule has 1 aromatic carbocycles. The molecule has 0 heterocycles. The third-order valence-corrected chi connectivity index (χ3v) is 5.90. The number of amides is 1. The molecule has 1 aromatic rings. The smallest absolute Gasteiger partial charge is 0.351 e. The first kappa shape index (κ1) is 23.3. The standard InChI is InChI=1S/C18H29N2O6P/c1-2-17(20-16(21)12-11-14-8-4-3-5-9-14)27(24,25)26-15(18(22)23)10-6-7-13-19/h3-5,8-9,15,17H,2,6-7,10-13,19H2,1H3,(H,20,21)(H,22,23)(H,24,25)/t15-,17?/m1/s1. The van der Waals surface area contributed by atoms with Crippen molar-refractivity contribution in [2.24, 2.45) is 5.73 Å². The number of unbranched alkanes of at least 4 members (excludes halogenated alkanes) is 1. The minimum Gasteiger partial charge on any atom is -0.479 e. The van der Waals surface area contributed by atoms with Crippen molar-refractivity contribution >= 4 is 19.5 Å². The van der Waals surface area contributed by atoms with Gasteiger partial charge in [-0.2, -0.15) is 0 Å². The topological polar surface area (TPSA) is 139 Å². The summed E-state index contributed by atoms with van der Waals surface area (Å²) in [4.78, 5) is 33.6. The van der Waals surface area contributed by atoms with Gasteiger partial charge >= 0.3 is 13.6 Å². The fraction of sp³-hybridized carbons (Fsp3) is 0.556. The maximum atomic E-state index is 12.5. The first-order valence-electron chi connectivity index (χ1n) is 9.07. The summed E-state index contributed by atoms with van der Waals surface area (Å²) in [6.45, 7) is 2.02. The third-order valence-electron chi connectivity index (χ3n) is 4.07. The van der Waals surface area contributed by atoms with E-state index in [2.05, 4.69) is 5.32 Å². The molecule has 0 aliphatic heterocycles. The van der Waals surface area contributed by atoms with E-state index >= 15 is 0 Å². The molecule has 8 nitrogen and oxygen atoms in total. The maximum Gasteiger partial charge on any atom is 0.351 e. The van der Waals surface area contributed by atoms with Gasteiger partial charge in [-0.1, -0.05) is 37.3 Å². The zero-order valence-corrected chi connectivity index (χ0v) is 16.4. The van der Waals surface area contributed by atoms with Gasteiger partial charge in [0.15, 0.2) is 6.10 Å². The van der Waals surface area contributed by atoms with Crippen LogP contribution in [0.2, 0.25) is 0 Å². The van der Waals surface area contributed by atoms with Crippen LogP contribution in [0.4, 0.5) is 0 Å². The van der Waals surface area contributed by atoms with Crippen LogP contribution < -0.4 is 11.1 Å². The molecule has 0 radical (unpaired) electrons. The van der Waals surface area contributed by atoms with Gasteiger partial charge in [-0.25, -0.2) is 4.79 Å². The average molecular weight is 400 g/mol. The van der Waals surface area contributed by atoms with Crippen molar-refractivity contribution in [1.29, 1.82) is 0 Å². The highest BCUT2D eigenvalue weighted by Crippen LogP contribution is 2.49. The van der Waals surface area contributed by atoms with Crippen molar-refractivity contribution < 1.29 is 28.7 Å². The number of hydrogen-bond acceptors (Lipinski definition) is 5. The van der Waals surface area contributed by atoms with E-state index in [4.69, 9.17) is 10.3 Å². The lowest BCUT2D eigenvalue weighted by Gasteiger charge is -2.25. The molecule has 152 valence electrons. The largest absolute Gasteiger partial charge is 0.479 e. The van der Waals surface area contributed by atoms with Crippen LogP contribution in [0.15, 0.2) is 30.3 Å². The van der Waals surface area contributed by atoms with E-state index in [-0.39, 0.29) is 19.3 Å². The second-order valence-electron chi connectivity index (χ2n) is 6.26. The number of nitrogens with two attached hydrogens (primary N) is 1. The van der Waals surface area contributed by atoms with Crippen LogP contribution >= 0.6 is 7.60 Å². The molecule has 0 saturated carbocycles. The van der Waals surface area contributed by atoms with Crippen molar-refractivity contribution in [2.75, 3.05) is 6.54 Å². The van der Waals surface area contributed by atoms with Crippen molar-refractivity contribution in [3.05, 3.63) is 35.9 Å². The van der Waals surface area contributed by atoms with Crippen LogP contribution in [-0.4, -0.2) is 40.3 Å². The molecule has 2 unspecified atom stereocenters. The van der Waals surface area contributed by atoms with Crippen LogP contribution in [0.25, 0.3) is 0 Å². The van der Waals surface area contributed by atoms with E-state index in [0.29, 0.717) is 25.8 Å². The van der Waals surface area contributed by atoms with E-state index in [1.54, 1.807) is 6.92 Å². The first-order chi connectivity index (χ1) is 12.8. The van der Waals surface area contributed by atoms with Gasteiger partial charge in [-0.3, -0.25) is 13.9 Å². The zero-order valence-electron chi connectivity index (χ0n) is 15.5. The van der Waals surface area contributed by atoms with Crippen LogP contribution in [0, 0.1) is 0 Å². The molecule has 0 aliphatic rings. The molecule has 3 atom stereocenters. The van der Waals surface area contributed by atoms with Crippen molar-refractivity contribution in [1.82, 2.24) is 5.32 Å². The van der Waals surface area contributed by atoms with Crippen molar-refractivity contribution in [2.45, 2.75) is 57.3 Å². The number of carboxylic acid groups (broad SMARTS) is 1. The highest BCUT2D eigenvalue weighted by molar-refractivity contribution is 7.53. The van der Waals surface area contributed by atoms with Crippen molar-refractivity contribution in [3.8, 4) is 0 Å². The van der Waals surface area contributed by atoms with Gasteiger partial charge in [0.2, 0.25) is 5.91 Å². The summed E-state index contributed by atoms with van der Waals surface area (Å²) in [5.41, 5.74) is 6.35. The quantitative estimate of drug-likeness (QED) is 0.294. The van der Waals surface area contributed by atoms with Gasteiger partial charge < -0.3 is 21.1 Å². The predicted octanol–water partition coefficient (Wildman–Crippen LogP) is 2.26. The predicted molar refractivity (Wildman–Crippen MR) is 102 cm³/mol. The number of carboxylic acids is 1. The minimum atomic E-state index is -4.35. The SMILES string of the molecule is CCC(NC(=O)CCc1ccccc1)P(=O)(O)O[C@H](CCCCN)C(=O)O. The monoisotopic (exact) mass is 400 g/mol. The van der Waals surface area contributed by atoms with Gasteiger partial charge in [0, 0.05) is 6.42 Å². The van der Waals surface area contributed by atoms with Gasteiger partial charge in [-0.05, 0) is 44.2 Å². The lowest BCUT2D eigenvalue weighted by molar-refractivity contribution is -0.145. The molecule has 0 spiro atoms. The number of benzene rings is 1. The molecule has 5 N–H and O–H groups in total. The number of hydrogen-bond donors (Lipinski definition) is 4. The Labute approximate surface area is 159 Å². The van der Waals surface area contributed by atoms with E-state index < -0.39 is 31.4 Å². The summed E-state index contributed by atoms with van der Waals surface area (Å²) in [6, 6.07) is 9.40. The fourth-order valence-electron chi connectivity index (χ4n) is 2.53. The second-order valence-corrected chi connectivity index (χ2v) is 8.22. The Hall–Kier alpha value is -1.73. The Morgan fingerprint density at radius 1 is 1.26 bits per heavy atom. The molecule has 27 heavy (non-hydrogen) atoms. The van der Waals surface area contributed by atoms with E-state index in [0.717, 1.165) is 5.56 Å². The number of carbonyl (C=O) groups excluding carboxylic acids is 1. The van der Waals surface area contributed by atoms with E-state index in [1.165, 1.54) is 0 Å². The van der Waals surface area contributed by atoms with Crippen LogP contribution in [0.1, 0.15) is 44.6 Å². The second kappa shape index (κ2) is 11.9. The normalized spacial score (nSPS) is 15.5. The summed E-state index contributed by atoms with van der Waals surface area (Å²) in [5, 5.41) is 11.7. The summed E-state index contributed by atoms with van der Waals surface area (Å²) in [7, 11) is -4.35. The fourth-order valence-corrected chi connectivity index (χ4v) is 4.00. The average Bonchev–Trinajstić information content (AvgIpc) is 2.64. The molecule has 0 saturated heterocycles. The summed E-state index contributed by atoms with van der Waals surface area (Å²) < 4.78 is 17.6. The van der Waals surface area contributed by atoms with Gasteiger partial charge in [0.05, 0.1) is 0 Å². The van der Waals surface area contributed by atoms with Crippen LogP contribution in [0.5, 0.6) is 0 Å². The molecular weight excluding hydrogens is 371 g/mol. The Bertz CT molecular complexity index is 640. The van der Waals surface area contributed by atoms with Gasteiger partial charge in [0.25, 0.3) is 0 Å². The number of aliphatic carboxylic acids is 1. The molecule has 9 heteroatoms.